The number of carboxylic acid groups (broad SMARTS) is 1. The first kappa shape index (κ1) is 23.8. The van der Waals surface area contributed by atoms with Crippen molar-refractivity contribution in [2.75, 3.05) is 26.2 Å². The van der Waals surface area contributed by atoms with Crippen molar-refractivity contribution in [2.45, 2.75) is 19.2 Å². The number of aromatic carboxylic acids is 1. The fraction of sp³-hybridized carbons (Fsp3) is 0.438. The zero-order valence-electron chi connectivity index (χ0n) is 15.2. The second-order valence-corrected chi connectivity index (χ2v) is 6.00. The van der Waals surface area contributed by atoms with Crippen molar-refractivity contribution < 1.29 is 88.5 Å². The fourth-order valence-corrected chi connectivity index (χ4v) is 2.72. The van der Waals surface area contributed by atoms with Gasteiger partial charge in [-0.1, -0.05) is 24.2 Å². The Morgan fingerprint density at radius 3 is 2.65 bits per heavy atom. The Morgan fingerprint density at radius 1 is 1.31 bits per heavy atom. The van der Waals surface area contributed by atoms with Crippen molar-refractivity contribution in [1.82, 2.24) is 4.90 Å². The van der Waals surface area contributed by atoms with Crippen molar-refractivity contribution in [3.63, 3.8) is 0 Å². The van der Waals surface area contributed by atoms with Crippen LogP contribution in [0.5, 0.6) is 11.5 Å². The molecule has 3 rings (SSSR count). The molecule has 10 heteroatoms. The van der Waals surface area contributed by atoms with E-state index in [-0.39, 0.29) is 89.1 Å². The molecule has 26 heavy (non-hydrogen) atoms. The maximum absolute atomic E-state index is 11.5. The molecule has 0 aromatic heterocycles. The molecule has 2 aliphatic heterocycles. The van der Waals surface area contributed by atoms with Crippen LogP contribution in [-0.4, -0.2) is 53.9 Å². The van der Waals surface area contributed by atoms with Crippen molar-refractivity contribution in [3.05, 3.63) is 23.3 Å². The minimum atomic E-state index is -3.06. The van der Waals surface area contributed by atoms with Crippen LogP contribution in [0.4, 0.5) is 0 Å². The molecular weight excluding hydrogens is 359 g/mol. The van der Waals surface area contributed by atoms with Gasteiger partial charge < -0.3 is 29.3 Å². The number of hydrogen-bond donors (Lipinski definition) is 2. The Labute approximate surface area is 196 Å². The predicted molar refractivity (Wildman–Crippen MR) is 84.4 cm³/mol. The van der Waals surface area contributed by atoms with Crippen LogP contribution >= 0.6 is 0 Å². The van der Waals surface area contributed by atoms with E-state index in [0.29, 0.717) is 18.5 Å². The third-order valence-electron chi connectivity index (χ3n) is 4.18. The summed E-state index contributed by atoms with van der Waals surface area (Å²) in [4.78, 5) is 13.7. The number of hydrogen-bond acceptors (Lipinski definition) is 7. The van der Waals surface area contributed by atoms with Crippen molar-refractivity contribution >= 4 is 12.7 Å². The Morgan fingerprint density at radius 2 is 2.04 bits per heavy atom. The molecule has 0 amide bonds. The number of rotatable bonds is 4. The van der Waals surface area contributed by atoms with Gasteiger partial charge in [0.1, 0.15) is 12.4 Å². The summed E-state index contributed by atoms with van der Waals surface area (Å²) in [6.07, 6.45) is 1.52. The number of fused-ring (bicyclic) bond motifs is 1. The molecular formula is C16H18BNNa2O6. The van der Waals surface area contributed by atoms with Gasteiger partial charge >= 0.3 is 65.9 Å². The second-order valence-electron chi connectivity index (χ2n) is 6.00. The van der Waals surface area contributed by atoms with E-state index >= 15 is 0 Å². The molecule has 2 aliphatic rings. The summed E-state index contributed by atoms with van der Waals surface area (Å²) in [6.45, 7) is -0.254. The number of benzene rings is 1. The largest absolute Gasteiger partial charge is 1.00 e. The van der Waals surface area contributed by atoms with E-state index in [0.717, 1.165) is 13.1 Å². The van der Waals surface area contributed by atoms with Crippen LogP contribution in [0.25, 0.3) is 0 Å². The Kier molecular flexibility index (Phi) is 9.51. The molecule has 0 radical (unpaired) electrons. The molecule has 1 aromatic rings. The van der Waals surface area contributed by atoms with Gasteiger partial charge in [-0.15, -0.1) is 0 Å². The number of carboxylic acids is 1. The van der Waals surface area contributed by atoms with Gasteiger partial charge in [0, 0.05) is 13.1 Å². The van der Waals surface area contributed by atoms with Crippen LogP contribution in [0, 0.1) is 11.8 Å². The average Bonchev–Trinajstić information content (AvgIpc) is 2.47. The number of likely N-dealkylation sites (tertiary alicyclic amines) is 1. The molecule has 1 aromatic carbocycles. The molecule has 0 saturated carbocycles. The minimum absolute atomic E-state index is 0. The fourth-order valence-electron chi connectivity index (χ4n) is 2.72. The van der Waals surface area contributed by atoms with E-state index in [4.69, 9.17) is 9.39 Å². The van der Waals surface area contributed by atoms with E-state index in [9.17, 15) is 19.9 Å². The van der Waals surface area contributed by atoms with Crippen LogP contribution in [0.3, 0.4) is 0 Å². The first-order valence-corrected chi connectivity index (χ1v) is 7.94. The molecule has 0 atom stereocenters. The summed E-state index contributed by atoms with van der Waals surface area (Å²) >= 11 is 0. The third kappa shape index (κ3) is 5.90. The third-order valence-corrected chi connectivity index (χ3v) is 4.18. The van der Waals surface area contributed by atoms with Gasteiger partial charge in [-0.3, -0.25) is 4.90 Å². The minimum Gasteiger partial charge on any atom is -0.669 e. The first-order valence-electron chi connectivity index (χ1n) is 7.94. The van der Waals surface area contributed by atoms with Gasteiger partial charge in [0.15, 0.2) is 0 Å². The van der Waals surface area contributed by atoms with Gasteiger partial charge in [0.2, 0.25) is 0 Å². The molecule has 0 unspecified atom stereocenters. The van der Waals surface area contributed by atoms with Crippen molar-refractivity contribution in [2.24, 2.45) is 0 Å². The second kappa shape index (κ2) is 10.4. The summed E-state index contributed by atoms with van der Waals surface area (Å²) in [5.74, 6) is 4.24. The topological polar surface area (TPSA) is 102 Å². The van der Waals surface area contributed by atoms with Gasteiger partial charge in [-0.05, 0) is 24.5 Å². The van der Waals surface area contributed by atoms with Crippen LogP contribution < -0.4 is 73.6 Å². The molecule has 2 N–H and O–H groups in total. The van der Waals surface area contributed by atoms with Crippen molar-refractivity contribution in [3.8, 4) is 23.3 Å². The summed E-state index contributed by atoms with van der Waals surface area (Å²) in [5.41, 5.74) is 0.261. The molecule has 0 bridgehead atoms. The normalized spacial score (nSPS) is 17.0. The van der Waals surface area contributed by atoms with Crippen LogP contribution in [0.15, 0.2) is 12.1 Å². The van der Waals surface area contributed by atoms with E-state index in [1.54, 1.807) is 6.07 Å². The van der Waals surface area contributed by atoms with Crippen LogP contribution in [-0.2, 0) is 6.42 Å². The monoisotopic (exact) mass is 377 g/mol. The van der Waals surface area contributed by atoms with Gasteiger partial charge in [-0.2, -0.15) is 0 Å². The van der Waals surface area contributed by atoms with Crippen LogP contribution in [0.2, 0.25) is 6.32 Å². The zero-order chi connectivity index (χ0) is 17.2. The molecule has 0 aliphatic carbocycles. The van der Waals surface area contributed by atoms with Gasteiger partial charge in [0.25, 0.3) is 0 Å². The Hall–Kier alpha value is -0.205. The Bertz CT molecular complexity index is 715. The standard InChI is InChI=1S/C16H19BNO6.2Na/c19-16(20)14-13(23-11-2-1-8-18-9-3-10-18)5-4-12-6-7-17(21,22)24-15(12)14;;/h4-5,21-22H,3,6-11H2,(H,19,20);;/q-1;2*+1/p-1. The maximum atomic E-state index is 11.5. The SMILES string of the molecule is O=C([O-])c1c(OCC#CCN2CCC2)ccc2c1O[B-](O)(O)CC2.[Na+].[Na+]. The molecule has 0 spiro atoms. The zero-order valence-corrected chi connectivity index (χ0v) is 19.2. The summed E-state index contributed by atoms with van der Waals surface area (Å²) in [5, 5.41) is 30.8. The summed E-state index contributed by atoms with van der Waals surface area (Å²) in [6, 6.07) is 3.16. The molecule has 1 saturated heterocycles. The van der Waals surface area contributed by atoms with Gasteiger partial charge in [0.05, 0.1) is 23.8 Å². The predicted octanol–water partition coefficient (Wildman–Crippen LogP) is -7.00. The molecule has 1 fully saturated rings. The van der Waals surface area contributed by atoms with E-state index in [2.05, 4.69) is 16.7 Å². The van der Waals surface area contributed by atoms with Crippen LogP contribution in [0.1, 0.15) is 22.3 Å². The maximum Gasteiger partial charge on any atom is 1.00 e. The summed E-state index contributed by atoms with van der Waals surface area (Å²) in [7, 11) is 0. The number of nitrogens with zero attached hydrogens (tertiary/aromatic N) is 1. The van der Waals surface area contributed by atoms with Gasteiger partial charge in [-0.25, -0.2) is 0 Å². The molecule has 128 valence electrons. The summed E-state index contributed by atoms with van der Waals surface area (Å²) < 4.78 is 10.5. The Balaban J connectivity index is 0.00000169. The molecule has 2 heterocycles. The van der Waals surface area contributed by atoms with E-state index < -0.39 is 12.7 Å². The van der Waals surface area contributed by atoms with E-state index in [1.807, 2.05) is 0 Å². The molecule has 7 nitrogen and oxygen atoms in total. The smallest absolute Gasteiger partial charge is 0.669 e. The first-order chi connectivity index (χ1) is 11.5. The average molecular weight is 377 g/mol. The number of aryl methyl sites for hydroxylation is 1. The number of ether oxygens (including phenoxy) is 1. The number of carbonyl (C=O) groups is 1. The number of carbonyl (C=O) groups excluding carboxylic acids is 1. The van der Waals surface area contributed by atoms with E-state index in [1.165, 1.54) is 12.5 Å². The van der Waals surface area contributed by atoms with Crippen molar-refractivity contribution in [1.29, 1.82) is 0 Å². The quantitative estimate of drug-likeness (QED) is 0.397.